The summed E-state index contributed by atoms with van der Waals surface area (Å²) in [6.07, 6.45) is 1.38. The highest BCUT2D eigenvalue weighted by molar-refractivity contribution is 6.00. The number of aliphatic hydroxyl groups excluding tert-OH is 1. The Balaban J connectivity index is 1.36. The number of aliphatic hydroxyl groups is 1. The van der Waals surface area contributed by atoms with Gasteiger partial charge in [0.2, 0.25) is 23.6 Å². The number of nitrogens with zero attached hydrogens (tertiary/aromatic N) is 4. The van der Waals surface area contributed by atoms with Crippen molar-refractivity contribution in [1.82, 2.24) is 35.9 Å². The van der Waals surface area contributed by atoms with Crippen LogP contribution in [0.4, 0.5) is 0 Å². The summed E-state index contributed by atoms with van der Waals surface area (Å²) < 4.78 is 0. The molecule has 0 radical (unpaired) electrons. The van der Waals surface area contributed by atoms with Gasteiger partial charge in [-0.2, -0.15) is 0 Å². The molecule has 45 heavy (non-hydrogen) atoms. The Hall–Kier alpha value is -4.32. The van der Waals surface area contributed by atoms with Gasteiger partial charge >= 0.3 is 0 Å². The second kappa shape index (κ2) is 16.1. The van der Waals surface area contributed by atoms with Gasteiger partial charge in [0.1, 0.15) is 23.9 Å². The van der Waals surface area contributed by atoms with Crippen molar-refractivity contribution in [2.75, 3.05) is 40.0 Å². The number of carbonyl (C=O) groups excluding carboxylic acids is 6. The van der Waals surface area contributed by atoms with Crippen molar-refractivity contribution in [2.45, 2.75) is 63.2 Å². The summed E-state index contributed by atoms with van der Waals surface area (Å²) in [4.78, 5) is 78.1. The van der Waals surface area contributed by atoms with E-state index >= 15 is 0 Å². The number of phenolic OH excluding ortho intramolecular Hbond substituents is 1. The van der Waals surface area contributed by atoms with Crippen LogP contribution in [0.15, 0.2) is 24.3 Å². The van der Waals surface area contributed by atoms with Crippen LogP contribution in [0.2, 0.25) is 0 Å². The van der Waals surface area contributed by atoms with Crippen LogP contribution in [0.25, 0.3) is 0 Å². The summed E-state index contributed by atoms with van der Waals surface area (Å²) in [6.45, 7) is 0.815. The minimum Gasteiger partial charge on any atom is -0.507 e. The fourth-order valence-corrected chi connectivity index (χ4v) is 5.12. The van der Waals surface area contributed by atoms with Gasteiger partial charge in [-0.25, -0.2) is 10.1 Å². The molecule has 17 heteroatoms. The van der Waals surface area contributed by atoms with Gasteiger partial charge in [-0.1, -0.05) is 12.1 Å². The number of hydroxylamine groups is 4. The Morgan fingerprint density at radius 1 is 1.09 bits per heavy atom. The van der Waals surface area contributed by atoms with Crippen molar-refractivity contribution in [2.24, 2.45) is 0 Å². The Kier molecular flexibility index (Phi) is 12.6. The van der Waals surface area contributed by atoms with Gasteiger partial charge in [-0.3, -0.25) is 44.1 Å². The molecule has 2 heterocycles. The number of benzene rings is 1. The molecule has 7 N–H and O–H groups in total. The number of piperidine rings is 1. The summed E-state index contributed by atoms with van der Waals surface area (Å²) in [5.74, 6) is -4.06. The second-order valence-corrected chi connectivity index (χ2v) is 11.0. The zero-order chi connectivity index (χ0) is 33.3. The van der Waals surface area contributed by atoms with Crippen LogP contribution in [0.5, 0.6) is 5.75 Å². The molecule has 248 valence electrons. The van der Waals surface area contributed by atoms with Crippen LogP contribution in [0.1, 0.15) is 49.4 Å². The lowest BCUT2D eigenvalue weighted by Gasteiger charge is -2.33. The first-order valence-electron chi connectivity index (χ1n) is 14.6. The number of carbonyl (C=O) groups is 6. The highest BCUT2D eigenvalue weighted by Crippen LogP contribution is 2.25. The standard InChI is InChI=1S/C28H41N7O10/c1-17(30-26(41)19(15-36)31-25(40)18-7-3-4-10-22(18)37)24(39)29-12-11-23(38)34(44)13-5-8-20-27(42)33(16-32(20)2)21-9-6-14-35(45)28(21)43/h3-4,7,10,17,19-21,36-37,44-45H,5-6,8-9,11-16H2,1-2H3,(H,29,39)(H,30,41)(H,31,40)/t17-,19+,20+,21-/m0/s1. The highest BCUT2D eigenvalue weighted by atomic mass is 16.5. The van der Waals surface area contributed by atoms with Crippen LogP contribution < -0.4 is 16.0 Å². The molecule has 17 nitrogen and oxygen atoms in total. The van der Waals surface area contributed by atoms with Gasteiger partial charge in [0, 0.05) is 26.1 Å². The van der Waals surface area contributed by atoms with E-state index < -0.39 is 60.3 Å². The average Bonchev–Trinajstić information content (AvgIpc) is 3.29. The van der Waals surface area contributed by atoms with Gasteiger partial charge < -0.3 is 31.1 Å². The molecule has 0 spiro atoms. The van der Waals surface area contributed by atoms with Crippen LogP contribution in [0.3, 0.4) is 0 Å². The quantitative estimate of drug-likeness (QED) is 0.0870. The Labute approximate surface area is 259 Å². The number of rotatable bonds is 14. The maximum absolute atomic E-state index is 13.0. The van der Waals surface area contributed by atoms with E-state index in [1.807, 2.05) is 0 Å². The summed E-state index contributed by atoms with van der Waals surface area (Å²) in [5, 5.41) is 47.5. The SMILES string of the molecule is C[C@H](NC(=O)[C@@H](CO)NC(=O)c1ccccc1O)C(=O)NCCC(=O)N(O)CCC[C@@H]1C(=O)N([C@H]2CCCN(O)C2=O)CN1C. The number of likely N-dealkylation sites (N-methyl/N-ethyl adjacent to an activating group) is 1. The molecular formula is C28H41N7O10. The van der Waals surface area contributed by atoms with E-state index in [4.69, 9.17) is 0 Å². The van der Waals surface area contributed by atoms with E-state index in [9.17, 15) is 49.4 Å². The van der Waals surface area contributed by atoms with Gasteiger partial charge in [-0.15, -0.1) is 0 Å². The number of hydrogen-bond acceptors (Lipinski definition) is 11. The predicted molar refractivity (Wildman–Crippen MR) is 154 cm³/mol. The zero-order valence-electron chi connectivity index (χ0n) is 25.2. The molecule has 2 aliphatic rings. The zero-order valence-corrected chi connectivity index (χ0v) is 25.2. The van der Waals surface area contributed by atoms with Crippen LogP contribution in [-0.4, -0.2) is 140 Å². The lowest BCUT2D eigenvalue weighted by molar-refractivity contribution is -0.178. The number of phenols is 1. The van der Waals surface area contributed by atoms with Crippen molar-refractivity contribution < 1.29 is 49.4 Å². The maximum atomic E-state index is 13.0. The van der Waals surface area contributed by atoms with Crippen molar-refractivity contribution in [1.29, 1.82) is 0 Å². The first kappa shape index (κ1) is 35.2. The maximum Gasteiger partial charge on any atom is 0.268 e. The molecule has 2 aliphatic heterocycles. The molecule has 6 amide bonds. The minimum absolute atomic E-state index is 0.0708. The monoisotopic (exact) mass is 635 g/mol. The molecule has 0 aliphatic carbocycles. The van der Waals surface area contributed by atoms with Crippen molar-refractivity contribution >= 4 is 35.4 Å². The predicted octanol–water partition coefficient (Wildman–Crippen LogP) is -2.03. The largest absolute Gasteiger partial charge is 0.507 e. The third kappa shape index (κ3) is 9.10. The van der Waals surface area contributed by atoms with Gasteiger partial charge in [0.05, 0.1) is 24.9 Å². The molecule has 3 rings (SSSR count). The average molecular weight is 636 g/mol. The highest BCUT2D eigenvalue weighted by Gasteiger charge is 2.43. The van der Waals surface area contributed by atoms with Crippen molar-refractivity contribution in [3.63, 3.8) is 0 Å². The summed E-state index contributed by atoms with van der Waals surface area (Å²) >= 11 is 0. The topological polar surface area (TPSA) is 232 Å². The van der Waals surface area contributed by atoms with E-state index in [1.165, 1.54) is 36.1 Å². The summed E-state index contributed by atoms with van der Waals surface area (Å²) in [6, 6.07) is 1.87. The smallest absolute Gasteiger partial charge is 0.268 e. The van der Waals surface area contributed by atoms with Crippen LogP contribution in [0, 0.1) is 0 Å². The van der Waals surface area contributed by atoms with E-state index in [-0.39, 0.29) is 56.4 Å². The van der Waals surface area contributed by atoms with E-state index in [2.05, 4.69) is 16.0 Å². The van der Waals surface area contributed by atoms with Crippen molar-refractivity contribution in [3.8, 4) is 5.75 Å². The van der Waals surface area contributed by atoms with Crippen LogP contribution in [-0.2, 0) is 24.0 Å². The van der Waals surface area contributed by atoms with Crippen LogP contribution >= 0.6 is 0 Å². The van der Waals surface area contributed by atoms with Gasteiger partial charge in [-0.05, 0) is 51.8 Å². The van der Waals surface area contributed by atoms with E-state index in [1.54, 1.807) is 11.9 Å². The Morgan fingerprint density at radius 3 is 2.49 bits per heavy atom. The lowest BCUT2D eigenvalue weighted by atomic mass is 10.0. The number of hydrogen-bond donors (Lipinski definition) is 7. The fraction of sp³-hybridized carbons (Fsp3) is 0.571. The third-order valence-corrected chi connectivity index (χ3v) is 7.72. The Morgan fingerprint density at radius 2 is 1.80 bits per heavy atom. The number of nitrogens with one attached hydrogen (secondary N) is 3. The van der Waals surface area contributed by atoms with E-state index in [0.29, 0.717) is 29.4 Å². The molecule has 0 saturated carbocycles. The first-order valence-corrected chi connectivity index (χ1v) is 14.6. The number of amides is 6. The molecule has 0 aromatic heterocycles. The number of para-hydroxylation sites is 1. The summed E-state index contributed by atoms with van der Waals surface area (Å²) in [5.41, 5.74) is -0.101. The normalized spacial score (nSPS) is 20.0. The first-order chi connectivity index (χ1) is 21.3. The van der Waals surface area contributed by atoms with E-state index in [0.717, 1.165) is 0 Å². The molecule has 1 aromatic rings. The fourth-order valence-electron chi connectivity index (χ4n) is 5.12. The van der Waals surface area contributed by atoms with Gasteiger partial charge in [0.25, 0.3) is 11.8 Å². The number of aromatic hydroxyl groups is 1. The molecule has 2 saturated heterocycles. The summed E-state index contributed by atoms with van der Waals surface area (Å²) in [7, 11) is 1.73. The molecule has 0 bridgehead atoms. The lowest BCUT2D eigenvalue weighted by Crippen LogP contribution is -2.54. The molecule has 1 aromatic carbocycles. The Bertz CT molecular complexity index is 1260. The molecule has 2 fully saturated rings. The minimum atomic E-state index is -1.40. The molecular weight excluding hydrogens is 594 g/mol. The third-order valence-electron chi connectivity index (χ3n) is 7.72. The molecule has 4 atom stereocenters. The van der Waals surface area contributed by atoms with Crippen molar-refractivity contribution in [3.05, 3.63) is 29.8 Å². The molecule has 0 unspecified atom stereocenters. The van der Waals surface area contributed by atoms with Gasteiger partial charge in [0.15, 0.2) is 0 Å². The second-order valence-electron chi connectivity index (χ2n) is 11.0.